The average Bonchev–Trinajstić information content (AvgIpc) is 3.02. The SMILES string of the molecule is CC(=O)N/C(=C\c1ccccc1)C(=O)O[C@H](C)C(=O)c1c(C)[nH]c2ccccc12. The van der Waals surface area contributed by atoms with Crippen molar-refractivity contribution in [2.75, 3.05) is 0 Å². The third-order valence-electron chi connectivity index (χ3n) is 4.43. The quantitative estimate of drug-likeness (QED) is 0.381. The van der Waals surface area contributed by atoms with Crippen LogP contribution in [0.1, 0.15) is 35.5 Å². The topological polar surface area (TPSA) is 88.3 Å². The Labute approximate surface area is 168 Å². The molecule has 0 spiro atoms. The minimum absolute atomic E-state index is 0.0287. The molecule has 3 aromatic rings. The number of hydrogen-bond donors (Lipinski definition) is 2. The van der Waals surface area contributed by atoms with Crippen LogP contribution in [0.3, 0.4) is 0 Å². The van der Waals surface area contributed by atoms with E-state index in [-0.39, 0.29) is 11.5 Å². The summed E-state index contributed by atoms with van der Waals surface area (Å²) < 4.78 is 5.39. The van der Waals surface area contributed by atoms with E-state index in [0.29, 0.717) is 11.3 Å². The second-order valence-corrected chi connectivity index (χ2v) is 6.73. The van der Waals surface area contributed by atoms with Crippen LogP contribution in [-0.2, 0) is 14.3 Å². The molecule has 0 aliphatic heterocycles. The number of carbonyl (C=O) groups excluding carboxylic acids is 3. The van der Waals surface area contributed by atoms with Gasteiger partial charge in [0.05, 0.1) is 0 Å². The van der Waals surface area contributed by atoms with Gasteiger partial charge >= 0.3 is 5.97 Å². The monoisotopic (exact) mass is 390 g/mol. The summed E-state index contributed by atoms with van der Waals surface area (Å²) in [5.41, 5.74) is 2.74. The summed E-state index contributed by atoms with van der Waals surface area (Å²) in [5.74, 6) is -1.49. The third kappa shape index (κ3) is 4.60. The van der Waals surface area contributed by atoms with Gasteiger partial charge in [0, 0.05) is 29.1 Å². The molecule has 1 atom stereocenters. The lowest BCUT2D eigenvalue weighted by molar-refractivity contribution is -0.142. The van der Waals surface area contributed by atoms with Crippen molar-refractivity contribution in [1.82, 2.24) is 10.3 Å². The number of Topliss-reactive ketones (excluding diaryl/α,β-unsaturated/α-hetero) is 1. The van der Waals surface area contributed by atoms with Crippen LogP contribution in [-0.4, -0.2) is 28.7 Å². The highest BCUT2D eigenvalue weighted by atomic mass is 16.5. The maximum absolute atomic E-state index is 13.0. The highest BCUT2D eigenvalue weighted by molar-refractivity contribution is 6.12. The van der Waals surface area contributed by atoms with Crippen molar-refractivity contribution in [3.05, 3.63) is 77.1 Å². The van der Waals surface area contributed by atoms with E-state index in [0.717, 1.165) is 16.5 Å². The van der Waals surface area contributed by atoms with Crippen LogP contribution >= 0.6 is 0 Å². The minimum Gasteiger partial charge on any atom is -0.450 e. The molecule has 0 bridgehead atoms. The van der Waals surface area contributed by atoms with Crippen molar-refractivity contribution >= 4 is 34.6 Å². The van der Waals surface area contributed by atoms with Crippen LogP contribution in [0.5, 0.6) is 0 Å². The van der Waals surface area contributed by atoms with Gasteiger partial charge < -0.3 is 15.0 Å². The molecule has 0 aliphatic carbocycles. The van der Waals surface area contributed by atoms with Gasteiger partial charge in [-0.05, 0) is 31.6 Å². The van der Waals surface area contributed by atoms with E-state index >= 15 is 0 Å². The van der Waals surface area contributed by atoms with Crippen LogP contribution in [0.15, 0.2) is 60.3 Å². The summed E-state index contributed by atoms with van der Waals surface area (Å²) in [6, 6.07) is 16.5. The third-order valence-corrected chi connectivity index (χ3v) is 4.43. The number of fused-ring (bicyclic) bond motifs is 1. The van der Waals surface area contributed by atoms with Crippen LogP contribution in [0, 0.1) is 6.92 Å². The van der Waals surface area contributed by atoms with Crippen molar-refractivity contribution in [2.45, 2.75) is 26.9 Å². The van der Waals surface area contributed by atoms with E-state index in [9.17, 15) is 14.4 Å². The van der Waals surface area contributed by atoms with E-state index < -0.39 is 18.0 Å². The zero-order chi connectivity index (χ0) is 21.0. The maximum atomic E-state index is 13.0. The number of aryl methyl sites for hydroxylation is 1. The Balaban J connectivity index is 1.83. The average molecular weight is 390 g/mol. The number of amides is 1. The summed E-state index contributed by atoms with van der Waals surface area (Å²) in [5, 5.41) is 3.26. The molecule has 0 aliphatic rings. The van der Waals surface area contributed by atoms with Crippen molar-refractivity contribution < 1.29 is 19.1 Å². The number of aromatic nitrogens is 1. The first-order valence-electron chi connectivity index (χ1n) is 9.23. The molecule has 6 heteroatoms. The molecule has 29 heavy (non-hydrogen) atoms. The van der Waals surface area contributed by atoms with Gasteiger partial charge in [0.2, 0.25) is 11.7 Å². The molecule has 148 valence electrons. The summed E-state index contributed by atoms with van der Waals surface area (Å²) in [6.45, 7) is 4.63. The van der Waals surface area contributed by atoms with E-state index in [2.05, 4.69) is 10.3 Å². The number of aromatic amines is 1. The lowest BCUT2D eigenvalue weighted by atomic mass is 10.0. The van der Waals surface area contributed by atoms with Gasteiger partial charge in [0.15, 0.2) is 6.10 Å². The first kappa shape index (κ1) is 20.1. The van der Waals surface area contributed by atoms with Gasteiger partial charge in [-0.25, -0.2) is 4.79 Å². The molecule has 1 heterocycles. The smallest absolute Gasteiger partial charge is 0.355 e. The first-order chi connectivity index (χ1) is 13.9. The fourth-order valence-electron chi connectivity index (χ4n) is 3.13. The Bertz CT molecular complexity index is 1100. The van der Waals surface area contributed by atoms with Gasteiger partial charge in [0.1, 0.15) is 5.70 Å². The molecule has 1 amide bonds. The normalized spacial score (nSPS) is 12.4. The second kappa shape index (κ2) is 8.56. The van der Waals surface area contributed by atoms with Gasteiger partial charge in [-0.15, -0.1) is 0 Å². The van der Waals surface area contributed by atoms with Crippen molar-refractivity contribution in [3.8, 4) is 0 Å². The van der Waals surface area contributed by atoms with Gasteiger partial charge in [-0.3, -0.25) is 9.59 Å². The summed E-state index contributed by atoms with van der Waals surface area (Å²) in [4.78, 5) is 40.3. The summed E-state index contributed by atoms with van der Waals surface area (Å²) in [7, 11) is 0. The lowest BCUT2D eigenvalue weighted by Crippen LogP contribution is -2.31. The number of para-hydroxylation sites is 1. The van der Waals surface area contributed by atoms with E-state index in [1.165, 1.54) is 19.9 Å². The van der Waals surface area contributed by atoms with Crippen molar-refractivity contribution in [2.24, 2.45) is 0 Å². The Morgan fingerprint density at radius 1 is 1.03 bits per heavy atom. The van der Waals surface area contributed by atoms with Crippen LogP contribution < -0.4 is 5.32 Å². The van der Waals surface area contributed by atoms with E-state index in [4.69, 9.17) is 4.74 Å². The number of carbonyl (C=O) groups is 3. The Hall–Kier alpha value is -3.67. The number of nitrogens with one attached hydrogen (secondary N) is 2. The number of esters is 1. The molecule has 6 nitrogen and oxygen atoms in total. The fraction of sp³-hybridized carbons (Fsp3) is 0.174. The molecule has 1 aromatic heterocycles. The zero-order valence-electron chi connectivity index (χ0n) is 16.5. The van der Waals surface area contributed by atoms with Crippen molar-refractivity contribution in [3.63, 3.8) is 0 Å². The highest BCUT2D eigenvalue weighted by Gasteiger charge is 2.26. The largest absolute Gasteiger partial charge is 0.450 e. The standard InChI is InChI=1S/C23H22N2O4/c1-14-21(18-11-7-8-12-19(18)24-14)22(27)15(2)29-23(28)20(25-16(3)26)13-17-9-5-4-6-10-17/h4-13,15,24H,1-3H3,(H,25,26)/b20-13-/t15-/m1/s1. The van der Waals surface area contributed by atoms with Crippen molar-refractivity contribution in [1.29, 1.82) is 0 Å². The summed E-state index contributed by atoms with van der Waals surface area (Å²) in [6.07, 6.45) is 0.492. The molecule has 0 fully saturated rings. The molecule has 0 saturated carbocycles. The predicted molar refractivity (Wildman–Crippen MR) is 111 cm³/mol. The maximum Gasteiger partial charge on any atom is 0.355 e. The van der Waals surface area contributed by atoms with Gasteiger partial charge in [-0.1, -0.05) is 48.5 Å². The molecule has 2 N–H and O–H groups in total. The highest BCUT2D eigenvalue weighted by Crippen LogP contribution is 2.24. The van der Waals surface area contributed by atoms with Crippen LogP contribution in [0.2, 0.25) is 0 Å². The van der Waals surface area contributed by atoms with Gasteiger partial charge in [-0.2, -0.15) is 0 Å². The number of H-pyrrole nitrogens is 1. The molecular formula is C23H22N2O4. The number of ether oxygens (including phenoxy) is 1. The molecule has 0 radical (unpaired) electrons. The van der Waals surface area contributed by atoms with E-state index in [1.54, 1.807) is 19.1 Å². The summed E-state index contributed by atoms with van der Waals surface area (Å²) >= 11 is 0. The lowest BCUT2D eigenvalue weighted by Gasteiger charge is -2.14. The fourth-order valence-corrected chi connectivity index (χ4v) is 3.13. The number of hydrogen-bond acceptors (Lipinski definition) is 4. The molecule has 3 rings (SSSR count). The Morgan fingerprint density at radius 2 is 1.69 bits per heavy atom. The minimum atomic E-state index is -1.02. The molecular weight excluding hydrogens is 368 g/mol. The first-order valence-corrected chi connectivity index (χ1v) is 9.23. The van der Waals surface area contributed by atoms with Gasteiger partial charge in [0.25, 0.3) is 0 Å². The Kier molecular flexibility index (Phi) is 5.93. The molecule has 0 unspecified atom stereocenters. The zero-order valence-corrected chi connectivity index (χ0v) is 16.5. The number of rotatable bonds is 6. The Morgan fingerprint density at radius 3 is 2.38 bits per heavy atom. The molecule has 2 aromatic carbocycles. The number of ketones is 1. The van der Waals surface area contributed by atoms with Crippen LogP contribution in [0.25, 0.3) is 17.0 Å². The van der Waals surface area contributed by atoms with Crippen LogP contribution in [0.4, 0.5) is 0 Å². The predicted octanol–water partition coefficient (Wildman–Crippen LogP) is 3.77. The second-order valence-electron chi connectivity index (χ2n) is 6.73. The molecule has 0 saturated heterocycles. The van der Waals surface area contributed by atoms with E-state index in [1.807, 2.05) is 42.5 Å². The number of benzene rings is 2.